The third kappa shape index (κ3) is 23.4. The Balaban J connectivity index is 4.03. The molecule has 0 aliphatic rings. The lowest BCUT2D eigenvalue weighted by molar-refractivity contribution is 0.198. The van der Waals surface area contributed by atoms with Crippen molar-refractivity contribution in [3.63, 3.8) is 0 Å². The van der Waals surface area contributed by atoms with Crippen LogP contribution in [0.1, 0.15) is 143 Å². The predicted molar refractivity (Wildman–Crippen MR) is 152 cm³/mol. The minimum absolute atomic E-state index is 0.753. The number of hydrogen-bond donors (Lipinski definition) is 1. The maximum Gasteiger partial charge on any atom is 0.0104 e. The zero-order valence-electron chi connectivity index (χ0n) is 23.9. The first-order chi connectivity index (χ1) is 16.2. The molecule has 0 aromatic carbocycles. The molecule has 0 heterocycles. The maximum atomic E-state index is 3.68. The monoisotopic (exact) mass is 468 g/mol. The lowest BCUT2D eigenvalue weighted by Gasteiger charge is -2.29. The van der Waals surface area contributed by atoms with Crippen LogP contribution in [-0.4, -0.2) is 62.7 Å². The molecule has 33 heavy (non-hydrogen) atoms. The second-order valence-electron chi connectivity index (χ2n) is 10.7. The van der Waals surface area contributed by atoms with Crippen LogP contribution in [0.25, 0.3) is 0 Å². The summed E-state index contributed by atoms with van der Waals surface area (Å²) in [5.41, 5.74) is 0. The van der Waals surface area contributed by atoms with E-state index in [0.29, 0.717) is 0 Å². The topological polar surface area (TPSA) is 18.5 Å². The molecule has 0 aliphatic carbocycles. The highest BCUT2D eigenvalue weighted by atomic mass is 15.1. The van der Waals surface area contributed by atoms with Gasteiger partial charge in [0.1, 0.15) is 0 Å². The first kappa shape index (κ1) is 32.9. The average molecular weight is 468 g/mol. The van der Waals surface area contributed by atoms with Gasteiger partial charge in [-0.25, -0.2) is 0 Å². The first-order valence-corrected chi connectivity index (χ1v) is 15.2. The fourth-order valence-electron chi connectivity index (χ4n) is 4.84. The minimum atomic E-state index is 0.753. The number of nitrogens with one attached hydrogen (secondary N) is 1. The molecule has 0 aliphatic heterocycles. The summed E-state index contributed by atoms with van der Waals surface area (Å²) in [7, 11) is 4.68. The molecule has 0 aromatic rings. The average Bonchev–Trinajstić information content (AvgIpc) is 2.81. The van der Waals surface area contributed by atoms with Crippen molar-refractivity contribution < 1.29 is 0 Å². The highest BCUT2D eigenvalue weighted by molar-refractivity contribution is 4.71. The van der Waals surface area contributed by atoms with Gasteiger partial charge in [0.2, 0.25) is 0 Å². The molecular weight excluding hydrogens is 402 g/mol. The molecule has 0 saturated heterocycles. The van der Waals surface area contributed by atoms with Crippen molar-refractivity contribution in [1.82, 2.24) is 15.1 Å². The van der Waals surface area contributed by atoms with E-state index in [2.05, 4.69) is 50.0 Å². The molecule has 200 valence electrons. The lowest BCUT2D eigenvalue weighted by Crippen LogP contribution is -2.36. The van der Waals surface area contributed by atoms with Gasteiger partial charge in [-0.15, -0.1) is 0 Å². The highest BCUT2D eigenvalue weighted by Crippen LogP contribution is 2.16. The van der Waals surface area contributed by atoms with Gasteiger partial charge in [-0.05, 0) is 78.9 Å². The van der Waals surface area contributed by atoms with E-state index in [1.54, 1.807) is 0 Å². The fourth-order valence-corrected chi connectivity index (χ4v) is 4.84. The third-order valence-corrected chi connectivity index (χ3v) is 7.32. The Bertz CT molecular complexity index is 360. The van der Waals surface area contributed by atoms with Crippen molar-refractivity contribution in [1.29, 1.82) is 0 Å². The predicted octanol–water partition coefficient (Wildman–Crippen LogP) is 8.28. The second-order valence-corrected chi connectivity index (χ2v) is 10.7. The van der Waals surface area contributed by atoms with E-state index in [-0.39, 0.29) is 0 Å². The van der Waals surface area contributed by atoms with E-state index in [1.807, 2.05) is 0 Å². The summed E-state index contributed by atoms with van der Waals surface area (Å²) in [4.78, 5) is 5.21. The Kier molecular flexibility index (Phi) is 26.4. The molecule has 3 heteroatoms. The molecule has 1 atom stereocenters. The van der Waals surface area contributed by atoms with Crippen molar-refractivity contribution >= 4 is 0 Å². The fraction of sp³-hybridized carbons (Fsp3) is 1.00. The van der Waals surface area contributed by atoms with E-state index in [9.17, 15) is 0 Å². The SMILES string of the molecule is CCCCCCCCCCCCCC(CCNCCCC)N(C)CCCN(C)CCCCC. The van der Waals surface area contributed by atoms with Crippen molar-refractivity contribution in [2.24, 2.45) is 0 Å². The molecule has 0 aromatic heterocycles. The molecule has 0 bridgehead atoms. The number of unbranched alkanes of at least 4 members (excludes halogenated alkanes) is 13. The Morgan fingerprint density at radius 2 is 1.00 bits per heavy atom. The number of nitrogens with zero attached hydrogens (tertiary/aromatic N) is 2. The van der Waals surface area contributed by atoms with Crippen LogP contribution in [-0.2, 0) is 0 Å². The van der Waals surface area contributed by atoms with E-state index >= 15 is 0 Å². The van der Waals surface area contributed by atoms with Crippen molar-refractivity contribution in [3.05, 3.63) is 0 Å². The Morgan fingerprint density at radius 3 is 1.61 bits per heavy atom. The molecular formula is C30H65N3. The van der Waals surface area contributed by atoms with Crippen molar-refractivity contribution in [3.8, 4) is 0 Å². The zero-order valence-corrected chi connectivity index (χ0v) is 23.9. The van der Waals surface area contributed by atoms with E-state index in [0.717, 1.165) is 6.04 Å². The van der Waals surface area contributed by atoms with Crippen LogP contribution in [0, 0.1) is 0 Å². The third-order valence-electron chi connectivity index (χ3n) is 7.32. The summed E-state index contributed by atoms with van der Waals surface area (Å²) in [6.45, 7) is 13.0. The molecule has 1 N–H and O–H groups in total. The maximum absolute atomic E-state index is 3.68. The van der Waals surface area contributed by atoms with Gasteiger partial charge >= 0.3 is 0 Å². The van der Waals surface area contributed by atoms with Crippen molar-refractivity contribution in [2.75, 3.05) is 46.8 Å². The summed E-state index contributed by atoms with van der Waals surface area (Å²) in [5, 5.41) is 3.68. The summed E-state index contributed by atoms with van der Waals surface area (Å²) in [5.74, 6) is 0. The molecule has 0 spiro atoms. The van der Waals surface area contributed by atoms with Gasteiger partial charge in [0.15, 0.2) is 0 Å². The van der Waals surface area contributed by atoms with Gasteiger partial charge in [-0.3, -0.25) is 0 Å². The smallest absolute Gasteiger partial charge is 0.0104 e. The normalized spacial score (nSPS) is 12.8. The molecule has 0 rings (SSSR count). The van der Waals surface area contributed by atoms with Crippen LogP contribution in [0.5, 0.6) is 0 Å². The van der Waals surface area contributed by atoms with Gasteiger partial charge in [0, 0.05) is 6.04 Å². The van der Waals surface area contributed by atoms with E-state index < -0.39 is 0 Å². The number of hydrogen-bond acceptors (Lipinski definition) is 3. The summed E-state index contributed by atoms with van der Waals surface area (Å²) in [6.07, 6.45) is 26.5. The lowest BCUT2D eigenvalue weighted by atomic mass is 10.0. The van der Waals surface area contributed by atoms with E-state index in [4.69, 9.17) is 0 Å². The molecule has 0 fully saturated rings. The Labute approximate surface area is 210 Å². The quantitative estimate of drug-likeness (QED) is 0.123. The van der Waals surface area contributed by atoms with Gasteiger partial charge in [0.05, 0.1) is 0 Å². The van der Waals surface area contributed by atoms with Crippen LogP contribution < -0.4 is 5.32 Å². The van der Waals surface area contributed by atoms with Gasteiger partial charge in [0.25, 0.3) is 0 Å². The van der Waals surface area contributed by atoms with Crippen LogP contribution in [0.4, 0.5) is 0 Å². The van der Waals surface area contributed by atoms with Crippen LogP contribution in [0.2, 0.25) is 0 Å². The Morgan fingerprint density at radius 1 is 0.485 bits per heavy atom. The molecule has 3 nitrogen and oxygen atoms in total. The molecule has 0 radical (unpaired) electrons. The van der Waals surface area contributed by atoms with Crippen LogP contribution in [0.3, 0.4) is 0 Å². The molecule has 0 amide bonds. The van der Waals surface area contributed by atoms with Crippen molar-refractivity contribution in [2.45, 2.75) is 149 Å². The number of rotatable bonds is 27. The van der Waals surface area contributed by atoms with Gasteiger partial charge < -0.3 is 15.1 Å². The van der Waals surface area contributed by atoms with Gasteiger partial charge in [-0.1, -0.05) is 111 Å². The van der Waals surface area contributed by atoms with E-state index in [1.165, 1.54) is 155 Å². The highest BCUT2D eigenvalue weighted by Gasteiger charge is 2.14. The van der Waals surface area contributed by atoms with Crippen LogP contribution in [0.15, 0.2) is 0 Å². The first-order valence-electron chi connectivity index (χ1n) is 15.2. The standard InChI is InChI=1S/C30H65N3/c1-6-9-12-13-14-15-16-17-18-19-20-23-30(24-26-31-25-11-8-3)33(5)29-22-28-32(4)27-21-10-7-2/h30-31H,6-29H2,1-5H3. The molecule has 1 unspecified atom stereocenters. The van der Waals surface area contributed by atoms with Crippen LogP contribution >= 0.6 is 0 Å². The minimum Gasteiger partial charge on any atom is -0.317 e. The summed E-state index contributed by atoms with van der Waals surface area (Å²) >= 11 is 0. The second kappa shape index (κ2) is 26.5. The zero-order chi connectivity index (χ0) is 24.4. The Hall–Kier alpha value is -0.120. The summed E-state index contributed by atoms with van der Waals surface area (Å²) in [6, 6.07) is 0.753. The summed E-state index contributed by atoms with van der Waals surface area (Å²) < 4.78 is 0. The molecule has 0 saturated carbocycles. The van der Waals surface area contributed by atoms with Gasteiger partial charge in [-0.2, -0.15) is 0 Å². The largest absolute Gasteiger partial charge is 0.317 e.